The van der Waals surface area contributed by atoms with Crippen molar-refractivity contribution in [1.82, 2.24) is 0 Å². The largest absolute Gasteiger partial charge is 0.487 e. The SMILES string of the molecule is O.OC(COc1ccccc1)(Cc1ccccc1)Oc1ccccc1. The van der Waals surface area contributed by atoms with Gasteiger partial charge in [0.1, 0.15) is 11.5 Å². The number of ether oxygens (including phenoxy) is 2. The lowest BCUT2D eigenvalue weighted by Crippen LogP contribution is -2.44. The van der Waals surface area contributed by atoms with Crippen LogP contribution in [0.2, 0.25) is 0 Å². The summed E-state index contributed by atoms with van der Waals surface area (Å²) in [6, 6.07) is 28.4. The number of hydrogen-bond acceptors (Lipinski definition) is 3. The Morgan fingerprint density at radius 3 is 1.72 bits per heavy atom. The van der Waals surface area contributed by atoms with Gasteiger partial charge in [0.25, 0.3) is 0 Å². The predicted octanol–water partition coefficient (Wildman–Crippen LogP) is 3.25. The molecule has 0 radical (unpaired) electrons. The molecule has 4 nitrogen and oxygen atoms in total. The monoisotopic (exact) mass is 338 g/mol. The van der Waals surface area contributed by atoms with Crippen LogP contribution in [0.5, 0.6) is 11.5 Å². The molecular formula is C21H22O4. The van der Waals surface area contributed by atoms with Gasteiger partial charge in [0.2, 0.25) is 5.79 Å². The molecule has 0 aliphatic carbocycles. The molecular weight excluding hydrogens is 316 g/mol. The van der Waals surface area contributed by atoms with E-state index in [2.05, 4.69) is 0 Å². The number of benzene rings is 3. The zero-order valence-corrected chi connectivity index (χ0v) is 13.8. The Labute approximate surface area is 147 Å². The Bertz CT molecular complexity index is 688. The Hall–Kier alpha value is -2.82. The van der Waals surface area contributed by atoms with E-state index in [4.69, 9.17) is 9.47 Å². The minimum atomic E-state index is -1.46. The van der Waals surface area contributed by atoms with Crippen LogP contribution in [0.1, 0.15) is 5.56 Å². The molecule has 0 heterocycles. The van der Waals surface area contributed by atoms with Crippen LogP contribution >= 0.6 is 0 Å². The zero-order chi connectivity index (χ0) is 16.7. The minimum Gasteiger partial charge on any atom is -0.487 e. The Morgan fingerprint density at radius 2 is 1.16 bits per heavy atom. The second-order valence-corrected chi connectivity index (χ2v) is 5.63. The van der Waals surface area contributed by atoms with Gasteiger partial charge in [-0.15, -0.1) is 0 Å². The highest BCUT2D eigenvalue weighted by molar-refractivity contribution is 5.24. The summed E-state index contributed by atoms with van der Waals surface area (Å²) in [6.45, 7) is 0.0286. The highest BCUT2D eigenvalue weighted by Crippen LogP contribution is 2.22. The highest BCUT2D eigenvalue weighted by Gasteiger charge is 2.31. The second-order valence-electron chi connectivity index (χ2n) is 5.63. The summed E-state index contributed by atoms with van der Waals surface area (Å²) in [6.07, 6.45) is 0.329. The van der Waals surface area contributed by atoms with Crippen molar-refractivity contribution in [1.29, 1.82) is 0 Å². The Kier molecular flexibility index (Phi) is 6.57. The fourth-order valence-corrected chi connectivity index (χ4v) is 2.45. The Morgan fingerprint density at radius 1 is 0.680 bits per heavy atom. The summed E-state index contributed by atoms with van der Waals surface area (Å²) in [4.78, 5) is 0. The molecule has 4 heteroatoms. The van der Waals surface area contributed by atoms with Crippen molar-refractivity contribution in [3.63, 3.8) is 0 Å². The maximum atomic E-state index is 11.0. The Balaban J connectivity index is 0.00000225. The molecule has 0 saturated heterocycles. The molecule has 0 aromatic heterocycles. The van der Waals surface area contributed by atoms with E-state index < -0.39 is 5.79 Å². The molecule has 3 aromatic carbocycles. The van der Waals surface area contributed by atoms with Crippen LogP contribution in [-0.2, 0) is 6.42 Å². The van der Waals surface area contributed by atoms with Gasteiger partial charge >= 0.3 is 0 Å². The quantitative estimate of drug-likeness (QED) is 0.672. The fourth-order valence-electron chi connectivity index (χ4n) is 2.45. The first-order chi connectivity index (χ1) is 11.7. The molecule has 25 heavy (non-hydrogen) atoms. The molecule has 130 valence electrons. The molecule has 1 unspecified atom stereocenters. The molecule has 0 saturated carbocycles. The first-order valence-electron chi connectivity index (χ1n) is 7.92. The molecule has 0 fully saturated rings. The van der Waals surface area contributed by atoms with E-state index in [-0.39, 0.29) is 12.1 Å². The molecule has 3 N–H and O–H groups in total. The summed E-state index contributed by atoms with van der Waals surface area (Å²) < 4.78 is 11.6. The summed E-state index contributed by atoms with van der Waals surface area (Å²) in [7, 11) is 0. The fraction of sp³-hybridized carbons (Fsp3) is 0.143. The van der Waals surface area contributed by atoms with Gasteiger partial charge in [-0.2, -0.15) is 0 Å². The summed E-state index contributed by atoms with van der Waals surface area (Å²) in [5.74, 6) is -0.160. The van der Waals surface area contributed by atoms with Crippen molar-refractivity contribution >= 4 is 0 Å². The van der Waals surface area contributed by atoms with Gasteiger partial charge in [-0.25, -0.2) is 0 Å². The molecule has 3 aromatic rings. The van der Waals surface area contributed by atoms with Crippen molar-refractivity contribution in [2.24, 2.45) is 0 Å². The number of aliphatic hydroxyl groups is 1. The average Bonchev–Trinajstić information content (AvgIpc) is 2.63. The van der Waals surface area contributed by atoms with E-state index >= 15 is 0 Å². The van der Waals surface area contributed by atoms with E-state index in [1.165, 1.54) is 0 Å². The third kappa shape index (κ3) is 5.64. The van der Waals surface area contributed by atoms with Crippen LogP contribution in [-0.4, -0.2) is 23.0 Å². The van der Waals surface area contributed by atoms with Gasteiger partial charge in [0.15, 0.2) is 6.61 Å². The van der Waals surface area contributed by atoms with Crippen molar-refractivity contribution in [3.8, 4) is 11.5 Å². The van der Waals surface area contributed by atoms with E-state index in [0.29, 0.717) is 17.9 Å². The maximum Gasteiger partial charge on any atom is 0.246 e. The number of hydrogen-bond donors (Lipinski definition) is 1. The maximum absolute atomic E-state index is 11.0. The van der Waals surface area contributed by atoms with Crippen molar-refractivity contribution in [2.75, 3.05) is 6.61 Å². The smallest absolute Gasteiger partial charge is 0.246 e. The molecule has 0 spiro atoms. The van der Waals surface area contributed by atoms with Gasteiger partial charge in [0.05, 0.1) is 0 Å². The van der Waals surface area contributed by atoms with Gasteiger partial charge in [-0.3, -0.25) is 0 Å². The first-order valence-corrected chi connectivity index (χ1v) is 7.92. The van der Waals surface area contributed by atoms with Crippen LogP contribution in [0.4, 0.5) is 0 Å². The lowest BCUT2D eigenvalue weighted by molar-refractivity contribution is -0.158. The third-order valence-electron chi connectivity index (χ3n) is 3.58. The molecule has 3 rings (SSSR count). The summed E-state index contributed by atoms with van der Waals surface area (Å²) in [5, 5.41) is 11.0. The highest BCUT2D eigenvalue weighted by atomic mass is 16.6. The van der Waals surface area contributed by atoms with Crippen LogP contribution < -0.4 is 9.47 Å². The molecule has 0 aliphatic heterocycles. The lowest BCUT2D eigenvalue weighted by Gasteiger charge is -2.29. The second kappa shape index (κ2) is 8.87. The topological polar surface area (TPSA) is 70.2 Å². The van der Waals surface area contributed by atoms with Gasteiger partial charge in [0, 0.05) is 6.42 Å². The minimum absolute atomic E-state index is 0. The van der Waals surface area contributed by atoms with E-state index in [0.717, 1.165) is 5.56 Å². The third-order valence-corrected chi connectivity index (χ3v) is 3.58. The van der Waals surface area contributed by atoms with Gasteiger partial charge < -0.3 is 20.1 Å². The van der Waals surface area contributed by atoms with Crippen LogP contribution in [0.25, 0.3) is 0 Å². The standard InChI is InChI=1S/C21H20O3.H2O/c22-21(16-18-10-4-1-5-11-18,24-20-14-8-3-9-15-20)17-23-19-12-6-2-7-13-19;/h1-15,22H,16-17H2;1H2. The average molecular weight is 338 g/mol. The van der Waals surface area contributed by atoms with Crippen molar-refractivity contribution < 1.29 is 20.1 Å². The number of para-hydroxylation sites is 2. The van der Waals surface area contributed by atoms with E-state index in [1.54, 1.807) is 0 Å². The normalized spacial score (nSPS) is 12.5. The number of rotatable bonds is 7. The summed E-state index contributed by atoms with van der Waals surface area (Å²) in [5.41, 5.74) is 0.979. The van der Waals surface area contributed by atoms with Gasteiger partial charge in [-0.1, -0.05) is 66.7 Å². The lowest BCUT2D eigenvalue weighted by atomic mass is 10.1. The van der Waals surface area contributed by atoms with E-state index in [9.17, 15) is 5.11 Å². The van der Waals surface area contributed by atoms with Crippen molar-refractivity contribution in [2.45, 2.75) is 12.2 Å². The van der Waals surface area contributed by atoms with Crippen LogP contribution in [0.3, 0.4) is 0 Å². The summed E-state index contributed by atoms with van der Waals surface area (Å²) >= 11 is 0. The van der Waals surface area contributed by atoms with Crippen LogP contribution in [0, 0.1) is 0 Å². The molecule has 0 bridgehead atoms. The van der Waals surface area contributed by atoms with Gasteiger partial charge in [-0.05, 0) is 29.8 Å². The molecule has 0 amide bonds. The van der Waals surface area contributed by atoms with Crippen LogP contribution in [0.15, 0.2) is 91.0 Å². The van der Waals surface area contributed by atoms with E-state index in [1.807, 2.05) is 91.0 Å². The molecule has 0 aliphatic rings. The zero-order valence-electron chi connectivity index (χ0n) is 13.8. The first kappa shape index (κ1) is 18.5. The van der Waals surface area contributed by atoms with Crippen molar-refractivity contribution in [3.05, 3.63) is 96.6 Å². The molecule has 1 atom stereocenters. The predicted molar refractivity (Wildman–Crippen MR) is 97.7 cm³/mol.